The number of aromatic nitrogens is 1. The summed E-state index contributed by atoms with van der Waals surface area (Å²) in [7, 11) is 3.34. The van der Waals surface area contributed by atoms with Crippen LogP contribution in [0.3, 0.4) is 0 Å². The maximum absolute atomic E-state index is 13.4. The van der Waals surface area contributed by atoms with Crippen molar-refractivity contribution in [1.29, 1.82) is 0 Å². The molecule has 2 aromatic rings. The van der Waals surface area contributed by atoms with Gasteiger partial charge in [0, 0.05) is 38.3 Å². The summed E-state index contributed by atoms with van der Waals surface area (Å²) in [5.41, 5.74) is 0.856. The van der Waals surface area contributed by atoms with Gasteiger partial charge in [0.25, 0.3) is 17.7 Å². The van der Waals surface area contributed by atoms with Gasteiger partial charge in [-0.1, -0.05) is 19.1 Å². The average molecular weight is 576 g/mol. The van der Waals surface area contributed by atoms with Crippen LogP contribution in [-0.4, -0.2) is 82.6 Å². The fraction of sp³-hybridized carbons (Fsp3) is 0.419. The molecular formula is C31H37N5O6. The van der Waals surface area contributed by atoms with Crippen molar-refractivity contribution >= 4 is 29.5 Å². The molecule has 0 saturated carbocycles. The van der Waals surface area contributed by atoms with Gasteiger partial charge < -0.3 is 15.0 Å². The van der Waals surface area contributed by atoms with Crippen molar-refractivity contribution in [2.75, 3.05) is 20.7 Å². The van der Waals surface area contributed by atoms with Crippen LogP contribution >= 0.6 is 0 Å². The highest BCUT2D eigenvalue weighted by Gasteiger charge is 2.45. The van der Waals surface area contributed by atoms with Gasteiger partial charge in [-0.3, -0.25) is 39.2 Å². The number of hydrogen-bond donors (Lipinski definition) is 2. The first-order valence-corrected chi connectivity index (χ1v) is 14.0. The van der Waals surface area contributed by atoms with Crippen molar-refractivity contribution < 1.29 is 28.7 Å². The fourth-order valence-electron chi connectivity index (χ4n) is 5.47. The summed E-state index contributed by atoms with van der Waals surface area (Å²) in [6.45, 7) is 6.34. The molecule has 42 heavy (non-hydrogen) atoms. The Balaban J connectivity index is 1.53. The topological polar surface area (TPSA) is 138 Å². The molecule has 3 heterocycles. The zero-order valence-corrected chi connectivity index (χ0v) is 24.6. The van der Waals surface area contributed by atoms with E-state index in [0.717, 1.165) is 10.7 Å². The largest absolute Gasteiger partial charge is 0.501 e. The van der Waals surface area contributed by atoms with E-state index in [2.05, 4.69) is 15.6 Å². The van der Waals surface area contributed by atoms with Crippen LogP contribution in [0.25, 0.3) is 0 Å². The Kier molecular flexibility index (Phi) is 9.20. The van der Waals surface area contributed by atoms with Gasteiger partial charge in [0.1, 0.15) is 6.04 Å². The quantitative estimate of drug-likeness (QED) is 0.308. The maximum atomic E-state index is 13.4. The monoisotopic (exact) mass is 575 g/mol. The number of fused-ring (bicyclic) bond motifs is 1. The highest BCUT2D eigenvalue weighted by Crippen LogP contribution is 2.30. The zero-order valence-electron chi connectivity index (χ0n) is 24.6. The zero-order chi connectivity index (χ0) is 30.6. The first-order valence-electron chi connectivity index (χ1n) is 14.0. The van der Waals surface area contributed by atoms with Crippen LogP contribution in [0.1, 0.15) is 76.7 Å². The molecule has 0 spiro atoms. The lowest BCUT2D eigenvalue weighted by Crippen LogP contribution is -2.58. The number of nitrogens with zero attached hydrogens (tertiary/aromatic N) is 3. The summed E-state index contributed by atoms with van der Waals surface area (Å²) in [5.74, 6) is -1.59. The van der Waals surface area contributed by atoms with E-state index in [9.17, 15) is 24.0 Å². The Morgan fingerprint density at radius 1 is 1.24 bits per heavy atom. The number of allylic oxidation sites excluding steroid dienone is 1. The molecule has 4 rings (SSSR count). The summed E-state index contributed by atoms with van der Waals surface area (Å²) in [5, 5.41) is 5.71. The number of benzene rings is 1. The second kappa shape index (κ2) is 12.6. The third-order valence-corrected chi connectivity index (χ3v) is 8.28. The van der Waals surface area contributed by atoms with Gasteiger partial charge >= 0.3 is 0 Å². The smallest absolute Gasteiger partial charge is 0.262 e. The van der Waals surface area contributed by atoms with E-state index in [1.807, 2.05) is 26.8 Å². The summed E-state index contributed by atoms with van der Waals surface area (Å²) in [6.07, 6.45) is 6.31. The van der Waals surface area contributed by atoms with Crippen LogP contribution in [0.15, 0.2) is 54.6 Å². The lowest BCUT2D eigenvalue weighted by Gasteiger charge is -2.42. The number of piperidine rings is 1. The minimum absolute atomic E-state index is 0.0617. The van der Waals surface area contributed by atoms with Gasteiger partial charge in [0.2, 0.25) is 11.8 Å². The maximum Gasteiger partial charge on any atom is 0.262 e. The molecule has 0 bridgehead atoms. The number of carbonyl (C=O) groups excluding carboxylic acids is 5. The number of likely N-dealkylation sites (N-methyl/N-ethyl adjacent to an activating group) is 1. The number of hydrogen-bond acceptors (Lipinski definition) is 8. The SMILES string of the molecule is CC/C(=C\[C@@](C)(C(C)NCCc1cccc2c1C(=O)N([C@@H]1CCC(=O)NC1=O)C2=O)N(C)C(=O)c1cccnc1)OC. The molecule has 1 fully saturated rings. The molecule has 222 valence electrons. The first kappa shape index (κ1) is 30.6. The van der Waals surface area contributed by atoms with E-state index in [4.69, 9.17) is 4.74 Å². The Bertz CT molecular complexity index is 1420. The number of methoxy groups -OCH3 is 1. The van der Waals surface area contributed by atoms with Crippen molar-refractivity contribution in [2.45, 2.75) is 64.1 Å². The van der Waals surface area contributed by atoms with Crippen LogP contribution < -0.4 is 10.6 Å². The standard InChI is InChI=1S/C31H37N5O6/c1-6-22(42-5)17-31(3,35(4)28(39)21-10-8-15-32-18-21)19(2)33-16-14-20-9-7-11-23-26(20)30(41)36(29(23)40)24-12-13-25(37)34-27(24)38/h7-11,15,17-19,24,33H,6,12-14,16H2,1-5H3,(H,34,37,38)/b22-17+/t19?,24-,31+/m1/s1. The van der Waals surface area contributed by atoms with E-state index >= 15 is 0 Å². The number of imide groups is 2. The van der Waals surface area contributed by atoms with Crippen molar-refractivity contribution in [3.8, 4) is 0 Å². The van der Waals surface area contributed by atoms with Gasteiger partial charge in [-0.05, 0) is 63.1 Å². The van der Waals surface area contributed by atoms with Gasteiger partial charge in [0.05, 0.1) is 35.1 Å². The molecular weight excluding hydrogens is 538 g/mol. The third kappa shape index (κ3) is 5.82. The minimum Gasteiger partial charge on any atom is -0.501 e. The lowest BCUT2D eigenvalue weighted by molar-refractivity contribution is -0.136. The molecule has 2 aliphatic heterocycles. The molecule has 2 N–H and O–H groups in total. The molecule has 1 aromatic carbocycles. The van der Waals surface area contributed by atoms with E-state index in [0.29, 0.717) is 30.5 Å². The molecule has 3 atom stereocenters. The minimum atomic E-state index is -1.02. The third-order valence-electron chi connectivity index (χ3n) is 8.28. The first-order chi connectivity index (χ1) is 20.0. The second-order valence-electron chi connectivity index (χ2n) is 10.7. The number of amides is 5. The molecule has 0 aliphatic carbocycles. The predicted molar refractivity (Wildman–Crippen MR) is 154 cm³/mol. The van der Waals surface area contributed by atoms with E-state index in [-0.39, 0.29) is 35.9 Å². The number of carbonyl (C=O) groups is 5. The molecule has 11 nitrogen and oxygen atoms in total. The summed E-state index contributed by atoms with van der Waals surface area (Å²) in [4.78, 5) is 70.8. The van der Waals surface area contributed by atoms with E-state index in [1.165, 1.54) is 6.20 Å². The van der Waals surface area contributed by atoms with Gasteiger partial charge in [-0.2, -0.15) is 0 Å². The van der Waals surface area contributed by atoms with Crippen LogP contribution in [0.5, 0.6) is 0 Å². The number of nitrogens with one attached hydrogen (secondary N) is 2. The Morgan fingerprint density at radius 3 is 2.64 bits per heavy atom. The molecule has 5 amide bonds. The van der Waals surface area contributed by atoms with Crippen molar-refractivity contribution in [2.24, 2.45) is 0 Å². The number of ether oxygens (including phenoxy) is 1. The average Bonchev–Trinajstić information content (AvgIpc) is 3.25. The molecule has 1 aromatic heterocycles. The Morgan fingerprint density at radius 2 is 2.00 bits per heavy atom. The molecule has 0 radical (unpaired) electrons. The van der Waals surface area contributed by atoms with Crippen LogP contribution in [-0.2, 0) is 20.7 Å². The number of rotatable bonds is 11. The highest BCUT2D eigenvalue weighted by molar-refractivity contribution is 6.24. The van der Waals surface area contributed by atoms with Crippen LogP contribution in [0.4, 0.5) is 0 Å². The molecule has 11 heteroatoms. The van der Waals surface area contributed by atoms with E-state index < -0.39 is 35.2 Å². The van der Waals surface area contributed by atoms with Gasteiger partial charge in [0.15, 0.2) is 0 Å². The normalized spacial score (nSPS) is 19.2. The van der Waals surface area contributed by atoms with E-state index in [1.54, 1.807) is 55.6 Å². The van der Waals surface area contributed by atoms with Crippen LogP contribution in [0.2, 0.25) is 0 Å². The van der Waals surface area contributed by atoms with Gasteiger partial charge in [-0.25, -0.2) is 0 Å². The number of pyridine rings is 1. The fourth-order valence-corrected chi connectivity index (χ4v) is 5.47. The summed E-state index contributed by atoms with van der Waals surface area (Å²) >= 11 is 0. The van der Waals surface area contributed by atoms with Gasteiger partial charge in [-0.15, -0.1) is 0 Å². The Hall–Kier alpha value is -4.38. The van der Waals surface area contributed by atoms with Crippen molar-refractivity contribution in [3.63, 3.8) is 0 Å². The highest BCUT2D eigenvalue weighted by atomic mass is 16.5. The Labute approximate surface area is 245 Å². The molecule has 1 saturated heterocycles. The molecule has 1 unspecified atom stereocenters. The second-order valence-corrected chi connectivity index (χ2v) is 10.7. The summed E-state index contributed by atoms with van der Waals surface area (Å²) in [6, 6.07) is 7.26. The lowest BCUT2D eigenvalue weighted by atomic mass is 9.89. The predicted octanol–water partition coefficient (Wildman–Crippen LogP) is 2.47. The van der Waals surface area contributed by atoms with Crippen molar-refractivity contribution in [1.82, 2.24) is 25.4 Å². The van der Waals surface area contributed by atoms with Crippen LogP contribution in [0, 0.1) is 0 Å². The van der Waals surface area contributed by atoms with Crippen molar-refractivity contribution in [3.05, 3.63) is 76.8 Å². The molecule has 2 aliphatic rings. The summed E-state index contributed by atoms with van der Waals surface area (Å²) < 4.78 is 5.56.